The van der Waals surface area contributed by atoms with E-state index in [9.17, 15) is 0 Å². The van der Waals surface area contributed by atoms with Gasteiger partial charge in [0.2, 0.25) is 0 Å². The maximum absolute atomic E-state index is 5.53. The number of ether oxygens (including phenoxy) is 1. The molecular formula is C12H28N2O. The minimum Gasteiger partial charge on any atom is -0.381 e. The molecule has 0 aliphatic heterocycles. The van der Waals surface area contributed by atoms with Crippen LogP contribution in [0, 0.1) is 11.1 Å². The van der Waals surface area contributed by atoms with Gasteiger partial charge in [0.1, 0.15) is 0 Å². The van der Waals surface area contributed by atoms with E-state index in [-0.39, 0.29) is 0 Å². The van der Waals surface area contributed by atoms with E-state index >= 15 is 0 Å². The predicted molar refractivity (Wildman–Crippen MR) is 64.5 cm³/mol. The first-order valence-corrected chi connectivity index (χ1v) is 6.24. The maximum atomic E-state index is 5.53. The smallest absolute Gasteiger partial charge is 0.0466 e. The Labute approximate surface area is 94.9 Å². The van der Waals surface area contributed by atoms with Crippen molar-refractivity contribution in [2.75, 3.05) is 13.2 Å². The number of nitrogens with one attached hydrogen (secondary N) is 2. The summed E-state index contributed by atoms with van der Waals surface area (Å²) in [6.45, 7) is 6.44. The summed E-state index contributed by atoms with van der Waals surface area (Å²) in [5.74, 6) is 0. The first-order chi connectivity index (χ1) is 7.41. The molecule has 3 nitrogen and oxygen atoms in total. The van der Waals surface area contributed by atoms with Gasteiger partial charge in [0.15, 0.2) is 0 Å². The van der Waals surface area contributed by atoms with Crippen LogP contribution in [-0.2, 0) is 4.74 Å². The van der Waals surface area contributed by atoms with E-state index in [1.54, 1.807) is 0 Å². The van der Waals surface area contributed by atoms with Crippen LogP contribution in [0.5, 0.6) is 0 Å². The lowest BCUT2D eigenvalue weighted by atomic mass is 10.2. The normalized spacial score (nSPS) is 9.47. The topological polar surface area (TPSA) is 56.9 Å². The SMILES string of the molecule is CCCCCCOCCCCCC.N=N. The van der Waals surface area contributed by atoms with Crippen molar-refractivity contribution in [3.05, 3.63) is 0 Å². The summed E-state index contributed by atoms with van der Waals surface area (Å²) >= 11 is 0. The van der Waals surface area contributed by atoms with Crippen molar-refractivity contribution in [3.63, 3.8) is 0 Å². The molecule has 0 aliphatic carbocycles. The highest BCUT2D eigenvalue weighted by Gasteiger charge is 1.90. The first kappa shape index (κ1) is 17.0. The third kappa shape index (κ3) is 19.8. The number of rotatable bonds is 10. The molecule has 0 aromatic rings. The summed E-state index contributed by atoms with van der Waals surface area (Å²) < 4.78 is 5.53. The fourth-order valence-electron chi connectivity index (χ4n) is 1.36. The van der Waals surface area contributed by atoms with Gasteiger partial charge in [-0.15, -0.1) is 0 Å². The molecule has 0 aromatic heterocycles. The summed E-state index contributed by atoms with van der Waals surface area (Å²) in [5.41, 5.74) is 10.0. The van der Waals surface area contributed by atoms with Crippen molar-refractivity contribution >= 4 is 0 Å². The Hall–Kier alpha value is -0.440. The monoisotopic (exact) mass is 216 g/mol. The molecule has 0 saturated carbocycles. The van der Waals surface area contributed by atoms with Gasteiger partial charge in [0.05, 0.1) is 0 Å². The van der Waals surface area contributed by atoms with Gasteiger partial charge in [0, 0.05) is 13.2 Å². The third-order valence-electron chi connectivity index (χ3n) is 2.28. The lowest BCUT2D eigenvalue weighted by Crippen LogP contribution is -1.96. The van der Waals surface area contributed by atoms with Gasteiger partial charge in [-0.05, 0) is 12.8 Å². The first-order valence-electron chi connectivity index (χ1n) is 6.24. The quantitative estimate of drug-likeness (QED) is 0.401. The third-order valence-corrected chi connectivity index (χ3v) is 2.28. The Morgan fingerprint density at radius 1 is 0.667 bits per heavy atom. The van der Waals surface area contributed by atoms with Crippen molar-refractivity contribution in [1.29, 1.82) is 11.1 Å². The van der Waals surface area contributed by atoms with Crippen LogP contribution in [0.25, 0.3) is 0 Å². The highest BCUT2D eigenvalue weighted by molar-refractivity contribution is 4.41. The van der Waals surface area contributed by atoms with Crippen molar-refractivity contribution in [1.82, 2.24) is 0 Å². The van der Waals surface area contributed by atoms with E-state index in [0.717, 1.165) is 13.2 Å². The fraction of sp³-hybridized carbons (Fsp3) is 1.00. The molecule has 92 valence electrons. The lowest BCUT2D eigenvalue weighted by molar-refractivity contribution is 0.126. The van der Waals surface area contributed by atoms with Crippen LogP contribution in [0.15, 0.2) is 0 Å². The van der Waals surface area contributed by atoms with Crippen LogP contribution in [0.1, 0.15) is 65.2 Å². The van der Waals surface area contributed by atoms with Crippen molar-refractivity contribution in [3.8, 4) is 0 Å². The summed E-state index contributed by atoms with van der Waals surface area (Å²) in [5, 5.41) is 0. The molecule has 0 radical (unpaired) electrons. The van der Waals surface area contributed by atoms with Crippen LogP contribution in [0.3, 0.4) is 0 Å². The second-order valence-electron chi connectivity index (χ2n) is 3.73. The van der Waals surface area contributed by atoms with Gasteiger partial charge in [0.25, 0.3) is 0 Å². The van der Waals surface area contributed by atoms with Crippen LogP contribution < -0.4 is 0 Å². The number of unbranched alkanes of at least 4 members (excludes halogenated alkanes) is 6. The largest absolute Gasteiger partial charge is 0.381 e. The van der Waals surface area contributed by atoms with Gasteiger partial charge < -0.3 is 4.74 Å². The Morgan fingerprint density at radius 3 is 1.40 bits per heavy atom. The van der Waals surface area contributed by atoms with E-state index < -0.39 is 0 Å². The molecule has 0 saturated heterocycles. The zero-order valence-electron chi connectivity index (χ0n) is 10.5. The highest BCUT2D eigenvalue weighted by atomic mass is 16.5. The summed E-state index contributed by atoms with van der Waals surface area (Å²) in [6.07, 6.45) is 10.5. The molecule has 15 heavy (non-hydrogen) atoms. The van der Waals surface area contributed by atoms with Crippen LogP contribution >= 0.6 is 0 Å². The fourth-order valence-corrected chi connectivity index (χ4v) is 1.36. The van der Waals surface area contributed by atoms with Crippen LogP contribution in [0.4, 0.5) is 0 Å². The molecule has 0 fully saturated rings. The summed E-state index contributed by atoms with van der Waals surface area (Å²) in [7, 11) is 0. The molecule has 0 spiro atoms. The average molecular weight is 216 g/mol. The highest BCUT2D eigenvalue weighted by Crippen LogP contribution is 2.01. The predicted octanol–water partition coefficient (Wildman–Crippen LogP) is 4.76. The van der Waals surface area contributed by atoms with Gasteiger partial charge in [-0.25, -0.2) is 11.1 Å². The molecule has 0 atom stereocenters. The molecule has 2 N–H and O–H groups in total. The Balaban J connectivity index is 0. The average Bonchev–Trinajstić information content (AvgIpc) is 2.30. The Kier molecular flexibility index (Phi) is 21.7. The molecule has 0 aromatic carbocycles. The molecule has 0 amide bonds. The van der Waals surface area contributed by atoms with E-state index in [1.807, 2.05) is 0 Å². The van der Waals surface area contributed by atoms with E-state index in [4.69, 9.17) is 15.8 Å². The van der Waals surface area contributed by atoms with Crippen molar-refractivity contribution in [2.24, 2.45) is 0 Å². The molecular weight excluding hydrogens is 188 g/mol. The van der Waals surface area contributed by atoms with Gasteiger partial charge in [-0.1, -0.05) is 52.4 Å². The van der Waals surface area contributed by atoms with Crippen LogP contribution in [0.2, 0.25) is 0 Å². The second-order valence-corrected chi connectivity index (χ2v) is 3.73. The molecule has 0 heterocycles. The second kappa shape index (κ2) is 19.2. The zero-order chi connectivity index (χ0) is 11.8. The Morgan fingerprint density at radius 2 is 1.07 bits per heavy atom. The van der Waals surface area contributed by atoms with E-state index in [1.165, 1.54) is 51.4 Å². The van der Waals surface area contributed by atoms with E-state index in [2.05, 4.69) is 13.8 Å². The van der Waals surface area contributed by atoms with Gasteiger partial charge >= 0.3 is 0 Å². The van der Waals surface area contributed by atoms with Crippen molar-refractivity contribution < 1.29 is 4.74 Å². The zero-order valence-corrected chi connectivity index (χ0v) is 10.5. The molecule has 3 heteroatoms. The molecule has 0 rings (SSSR count). The number of hydrogen-bond acceptors (Lipinski definition) is 3. The molecule has 0 bridgehead atoms. The summed E-state index contributed by atoms with van der Waals surface area (Å²) in [6, 6.07) is 0. The minimum absolute atomic E-state index is 0.978. The minimum atomic E-state index is 0.978. The van der Waals surface area contributed by atoms with Gasteiger partial charge in [-0.2, -0.15) is 0 Å². The Bertz CT molecular complexity index is 89.6. The standard InChI is InChI=1S/C12H26O.H2N2/c1-3-5-7-9-11-13-12-10-8-6-4-2;1-2/h3-12H2,1-2H3;1-2H. The van der Waals surface area contributed by atoms with E-state index in [0.29, 0.717) is 0 Å². The maximum Gasteiger partial charge on any atom is 0.0466 e. The van der Waals surface area contributed by atoms with Crippen molar-refractivity contribution in [2.45, 2.75) is 65.2 Å². The summed E-state index contributed by atoms with van der Waals surface area (Å²) in [4.78, 5) is 0. The lowest BCUT2D eigenvalue weighted by Gasteiger charge is -2.03. The van der Waals surface area contributed by atoms with Crippen LogP contribution in [-0.4, -0.2) is 13.2 Å². The number of hydrogen-bond donors (Lipinski definition) is 2. The van der Waals surface area contributed by atoms with Gasteiger partial charge in [-0.3, -0.25) is 0 Å². The molecule has 0 unspecified atom stereocenters. The molecule has 0 aliphatic rings.